The summed E-state index contributed by atoms with van der Waals surface area (Å²) in [7, 11) is 0. The highest BCUT2D eigenvalue weighted by Gasteiger charge is 2.12. The molecule has 2 unspecified atom stereocenters. The number of ether oxygens (including phenoxy) is 2. The second-order valence-corrected chi connectivity index (χ2v) is 5.53. The maximum absolute atomic E-state index is 5.76. The van der Waals surface area contributed by atoms with Gasteiger partial charge in [0.05, 0.1) is 11.9 Å². The summed E-state index contributed by atoms with van der Waals surface area (Å²) in [4.78, 5) is 0. The Bertz CT molecular complexity index is 214. The van der Waals surface area contributed by atoms with Crippen LogP contribution < -0.4 is 0 Å². The molecule has 2 nitrogen and oxygen atoms in total. The van der Waals surface area contributed by atoms with Crippen molar-refractivity contribution in [2.45, 2.75) is 63.5 Å². The van der Waals surface area contributed by atoms with E-state index in [1.165, 1.54) is 25.7 Å². The number of hydrogen-bond donors (Lipinski definition) is 0. The second-order valence-electron chi connectivity index (χ2n) is 4.24. The van der Waals surface area contributed by atoms with E-state index >= 15 is 0 Å². The number of allylic oxidation sites excluding steroid dienone is 1. The van der Waals surface area contributed by atoms with Crippen molar-refractivity contribution in [3.63, 3.8) is 0 Å². The molecule has 0 aromatic rings. The Morgan fingerprint density at radius 2 is 2.12 bits per heavy atom. The maximum Gasteiger partial charge on any atom is 0.150 e. The van der Waals surface area contributed by atoms with Gasteiger partial charge in [-0.3, -0.25) is 0 Å². The van der Waals surface area contributed by atoms with Crippen molar-refractivity contribution < 1.29 is 9.47 Å². The number of halogens is 1. The molecule has 0 radical (unpaired) electrons. The van der Waals surface area contributed by atoms with Crippen molar-refractivity contribution in [1.29, 1.82) is 0 Å². The Morgan fingerprint density at radius 1 is 1.38 bits per heavy atom. The van der Waals surface area contributed by atoms with Crippen LogP contribution in [0.2, 0.25) is 0 Å². The smallest absolute Gasteiger partial charge is 0.150 e. The van der Waals surface area contributed by atoms with Crippen molar-refractivity contribution in [2.24, 2.45) is 0 Å². The Labute approximate surface area is 108 Å². The average molecular weight is 291 g/mol. The number of alkyl halides is 1. The fourth-order valence-electron chi connectivity index (χ4n) is 2.02. The Kier molecular flexibility index (Phi) is 7.13. The van der Waals surface area contributed by atoms with Crippen molar-refractivity contribution in [2.75, 3.05) is 6.61 Å². The molecule has 0 aromatic carbocycles. The molecule has 2 atom stereocenters. The van der Waals surface area contributed by atoms with Gasteiger partial charge in [0.25, 0.3) is 0 Å². The predicted octanol–water partition coefficient (Wildman–Crippen LogP) is 4.39. The van der Waals surface area contributed by atoms with Crippen LogP contribution in [0.5, 0.6) is 0 Å². The van der Waals surface area contributed by atoms with Crippen LogP contribution in [-0.4, -0.2) is 17.7 Å². The largest absolute Gasteiger partial charge is 0.484 e. The molecular formula is C13H23BrO2. The lowest BCUT2D eigenvalue weighted by Crippen LogP contribution is -2.11. The molecule has 1 aliphatic rings. The summed E-state index contributed by atoms with van der Waals surface area (Å²) >= 11 is 3.43. The summed E-state index contributed by atoms with van der Waals surface area (Å²) in [6, 6.07) is 0. The summed E-state index contributed by atoms with van der Waals surface area (Å²) in [5, 5.41) is 0.0850. The van der Waals surface area contributed by atoms with E-state index in [-0.39, 0.29) is 11.1 Å². The van der Waals surface area contributed by atoms with E-state index in [1.807, 2.05) is 13.8 Å². The van der Waals surface area contributed by atoms with Crippen LogP contribution >= 0.6 is 15.9 Å². The van der Waals surface area contributed by atoms with Crippen LogP contribution in [0, 0.1) is 0 Å². The molecule has 0 spiro atoms. The van der Waals surface area contributed by atoms with Gasteiger partial charge < -0.3 is 9.47 Å². The molecule has 94 valence electrons. The second kappa shape index (κ2) is 8.13. The lowest BCUT2D eigenvalue weighted by molar-refractivity contribution is 0.0834. The van der Waals surface area contributed by atoms with Gasteiger partial charge in [0, 0.05) is 13.0 Å². The lowest BCUT2D eigenvalue weighted by atomic mass is 10.1. The van der Waals surface area contributed by atoms with Gasteiger partial charge >= 0.3 is 0 Å². The van der Waals surface area contributed by atoms with Crippen LogP contribution in [0.1, 0.15) is 52.4 Å². The van der Waals surface area contributed by atoms with E-state index in [0.29, 0.717) is 0 Å². The maximum atomic E-state index is 5.76. The van der Waals surface area contributed by atoms with E-state index in [2.05, 4.69) is 22.0 Å². The molecule has 1 aliphatic carbocycles. The van der Waals surface area contributed by atoms with E-state index in [1.54, 1.807) is 0 Å². The molecule has 0 aliphatic heterocycles. The average Bonchev–Trinajstić information content (AvgIpc) is 2.30. The SMILES string of the molecule is CCOC1/C=C(/OC(C)Br)CCCCCC1. The van der Waals surface area contributed by atoms with E-state index in [4.69, 9.17) is 9.47 Å². The van der Waals surface area contributed by atoms with Crippen LogP contribution in [-0.2, 0) is 9.47 Å². The van der Waals surface area contributed by atoms with Crippen LogP contribution in [0.3, 0.4) is 0 Å². The standard InChI is InChI=1S/C13H23BrO2/c1-3-15-12-8-6-4-5-7-9-13(10-12)16-11(2)14/h10-12H,3-9H2,1-2H3/b13-10+. The highest BCUT2D eigenvalue weighted by Crippen LogP contribution is 2.21. The van der Waals surface area contributed by atoms with Gasteiger partial charge in [-0.1, -0.05) is 19.3 Å². The van der Waals surface area contributed by atoms with Crippen LogP contribution in [0.4, 0.5) is 0 Å². The minimum atomic E-state index is 0.0850. The fraction of sp³-hybridized carbons (Fsp3) is 0.846. The summed E-state index contributed by atoms with van der Waals surface area (Å²) in [6.07, 6.45) is 9.68. The van der Waals surface area contributed by atoms with Gasteiger partial charge in [-0.25, -0.2) is 0 Å². The van der Waals surface area contributed by atoms with Gasteiger partial charge in [-0.15, -0.1) is 0 Å². The third kappa shape index (κ3) is 5.90. The van der Waals surface area contributed by atoms with E-state index < -0.39 is 0 Å². The first-order valence-electron chi connectivity index (χ1n) is 6.35. The monoisotopic (exact) mass is 290 g/mol. The zero-order valence-electron chi connectivity index (χ0n) is 10.4. The molecule has 0 amide bonds. The highest BCUT2D eigenvalue weighted by molar-refractivity contribution is 9.09. The molecular weight excluding hydrogens is 268 g/mol. The Hall–Kier alpha value is -0.0200. The molecule has 0 fully saturated rings. The summed E-state index contributed by atoms with van der Waals surface area (Å²) in [5.41, 5.74) is 0. The first kappa shape index (κ1) is 14.0. The molecule has 0 N–H and O–H groups in total. The normalized spacial score (nSPS) is 28.2. The molecule has 16 heavy (non-hydrogen) atoms. The molecule has 0 bridgehead atoms. The van der Waals surface area contributed by atoms with Gasteiger partial charge in [-0.05, 0) is 48.7 Å². The molecule has 1 rings (SSSR count). The zero-order chi connectivity index (χ0) is 11.8. The Balaban J connectivity index is 2.59. The van der Waals surface area contributed by atoms with Crippen molar-refractivity contribution in [1.82, 2.24) is 0 Å². The molecule has 0 heterocycles. The third-order valence-corrected chi connectivity index (χ3v) is 2.92. The highest BCUT2D eigenvalue weighted by atomic mass is 79.9. The van der Waals surface area contributed by atoms with Gasteiger partial charge in [0.2, 0.25) is 0 Å². The van der Waals surface area contributed by atoms with Gasteiger partial charge in [0.1, 0.15) is 5.01 Å². The topological polar surface area (TPSA) is 18.5 Å². The fourth-order valence-corrected chi connectivity index (χ4v) is 2.26. The zero-order valence-corrected chi connectivity index (χ0v) is 12.0. The van der Waals surface area contributed by atoms with Gasteiger partial charge in [0.15, 0.2) is 0 Å². The quantitative estimate of drug-likeness (QED) is 0.715. The van der Waals surface area contributed by atoms with Crippen molar-refractivity contribution in [3.8, 4) is 0 Å². The number of hydrogen-bond acceptors (Lipinski definition) is 2. The summed E-state index contributed by atoms with van der Waals surface area (Å²) in [5.74, 6) is 1.09. The number of rotatable bonds is 4. The van der Waals surface area contributed by atoms with Crippen molar-refractivity contribution in [3.05, 3.63) is 11.8 Å². The minimum absolute atomic E-state index is 0.0850. The lowest BCUT2D eigenvalue weighted by Gasteiger charge is -2.16. The third-order valence-electron chi connectivity index (χ3n) is 2.73. The van der Waals surface area contributed by atoms with E-state index in [0.717, 1.165) is 25.2 Å². The Morgan fingerprint density at radius 3 is 2.81 bits per heavy atom. The van der Waals surface area contributed by atoms with Crippen molar-refractivity contribution >= 4 is 15.9 Å². The van der Waals surface area contributed by atoms with Gasteiger partial charge in [-0.2, -0.15) is 0 Å². The van der Waals surface area contributed by atoms with E-state index in [9.17, 15) is 0 Å². The molecule has 3 heteroatoms. The minimum Gasteiger partial charge on any atom is -0.484 e. The molecule has 0 saturated heterocycles. The first-order valence-corrected chi connectivity index (χ1v) is 7.27. The predicted molar refractivity (Wildman–Crippen MR) is 70.7 cm³/mol. The molecule has 0 aromatic heterocycles. The molecule has 0 saturated carbocycles. The van der Waals surface area contributed by atoms with Crippen LogP contribution in [0.15, 0.2) is 11.8 Å². The summed E-state index contributed by atoms with van der Waals surface area (Å²) in [6.45, 7) is 4.83. The summed E-state index contributed by atoms with van der Waals surface area (Å²) < 4.78 is 11.5. The van der Waals surface area contributed by atoms with Crippen LogP contribution in [0.25, 0.3) is 0 Å². The first-order chi connectivity index (χ1) is 7.72.